The first kappa shape index (κ1) is 11.7. The molecule has 0 saturated carbocycles. The largest absolute Gasteiger partial charge is 0.423 e. The second kappa shape index (κ2) is 5.04. The summed E-state index contributed by atoms with van der Waals surface area (Å²) in [6, 6.07) is 9.06. The van der Waals surface area contributed by atoms with E-state index in [-0.39, 0.29) is 0 Å². The van der Waals surface area contributed by atoms with Gasteiger partial charge in [-0.3, -0.25) is 0 Å². The molecule has 0 aliphatic carbocycles. The first-order valence-electron chi connectivity index (χ1n) is 5.99. The molecule has 0 spiro atoms. The van der Waals surface area contributed by atoms with Crippen molar-refractivity contribution < 1.29 is 4.42 Å². The Hall–Kier alpha value is -1.77. The van der Waals surface area contributed by atoms with Crippen molar-refractivity contribution in [3.63, 3.8) is 0 Å². The van der Waals surface area contributed by atoms with Crippen LogP contribution in [0.1, 0.15) is 24.6 Å². The minimum atomic E-state index is 0.565. The van der Waals surface area contributed by atoms with Crippen LogP contribution in [0.5, 0.6) is 0 Å². The number of nitrogens with one attached hydrogen (secondary N) is 1. The summed E-state index contributed by atoms with van der Waals surface area (Å²) in [5.74, 6) is 0.845. The molecule has 0 amide bonds. The van der Waals surface area contributed by atoms with Crippen LogP contribution < -0.4 is 5.32 Å². The Balaban J connectivity index is 2.29. The topological polar surface area (TPSA) is 38.1 Å². The summed E-state index contributed by atoms with van der Waals surface area (Å²) in [7, 11) is 1.80. The maximum atomic E-state index is 5.63. The lowest BCUT2D eigenvalue weighted by Crippen LogP contribution is -1.85. The minimum absolute atomic E-state index is 0.565. The van der Waals surface area contributed by atoms with Gasteiger partial charge in [-0.05, 0) is 18.9 Å². The number of aryl methyl sites for hydroxylation is 2. The molecule has 2 aromatic rings. The third kappa shape index (κ3) is 2.49. The van der Waals surface area contributed by atoms with Crippen molar-refractivity contribution in [2.75, 3.05) is 12.4 Å². The summed E-state index contributed by atoms with van der Waals surface area (Å²) in [4.78, 5) is 4.29. The van der Waals surface area contributed by atoms with Crippen molar-refractivity contribution in [3.05, 3.63) is 35.5 Å². The Labute approximate surface area is 102 Å². The SMILES string of the molecule is CCCc1ccc(-c2oc(NC)nc2C)cc1. The maximum absolute atomic E-state index is 5.63. The van der Waals surface area contributed by atoms with Crippen LogP contribution in [0.2, 0.25) is 0 Å². The second-order valence-corrected chi connectivity index (χ2v) is 4.13. The number of hydrogen-bond acceptors (Lipinski definition) is 3. The summed E-state index contributed by atoms with van der Waals surface area (Å²) >= 11 is 0. The van der Waals surface area contributed by atoms with Gasteiger partial charge in [0, 0.05) is 12.6 Å². The molecule has 1 N–H and O–H groups in total. The molecule has 1 aromatic heterocycles. The third-order valence-electron chi connectivity index (χ3n) is 2.77. The van der Waals surface area contributed by atoms with Gasteiger partial charge in [0.15, 0.2) is 5.76 Å². The third-order valence-corrected chi connectivity index (χ3v) is 2.77. The summed E-state index contributed by atoms with van der Waals surface area (Å²) in [6.07, 6.45) is 2.29. The summed E-state index contributed by atoms with van der Waals surface area (Å²) in [5.41, 5.74) is 3.36. The van der Waals surface area contributed by atoms with Crippen molar-refractivity contribution in [1.29, 1.82) is 0 Å². The van der Waals surface area contributed by atoms with E-state index in [2.05, 4.69) is 41.5 Å². The highest BCUT2D eigenvalue weighted by Crippen LogP contribution is 2.26. The van der Waals surface area contributed by atoms with Crippen LogP contribution in [0.25, 0.3) is 11.3 Å². The Morgan fingerprint density at radius 2 is 1.94 bits per heavy atom. The van der Waals surface area contributed by atoms with Crippen LogP contribution >= 0.6 is 0 Å². The molecule has 0 fully saturated rings. The van der Waals surface area contributed by atoms with E-state index in [0.717, 1.165) is 23.4 Å². The maximum Gasteiger partial charge on any atom is 0.295 e. The standard InChI is InChI=1S/C14H18N2O/c1-4-5-11-6-8-12(9-7-11)13-10(2)16-14(15-3)17-13/h6-9H,4-5H2,1-3H3,(H,15,16). The van der Waals surface area contributed by atoms with E-state index in [0.29, 0.717) is 6.01 Å². The lowest BCUT2D eigenvalue weighted by Gasteiger charge is -2.01. The van der Waals surface area contributed by atoms with Gasteiger partial charge in [0.05, 0.1) is 5.69 Å². The molecule has 17 heavy (non-hydrogen) atoms. The molecule has 0 bridgehead atoms. The first-order chi connectivity index (χ1) is 8.24. The average Bonchev–Trinajstić information content (AvgIpc) is 2.72. The quantitative estimate of drug-likeness (QED) is 0.871. The van der Waals surface area contributed by atoms with Crippen LogP contribution in [0.3, 0.4) is 0 Å². The number of aromatic nitrogens is 1. The minimum Gasteiger partial charge on any atom is -0.423 e. The molecule has 0 saturated heterocycles. The molecule has 3 heteroatoms. The van der Waals surface area contributed by atoms with Crippen LogP contribution in [0, 0.1) is 6.92 Å². The van der Waals surface area contributed by atoms with E-state index in [1.54, 1.807) is 7.05 Å². The molecule has 1 heterocycles. The zero-order valence-electron chi connectivity index (χ0n) is 10.6. The van der Waals surface area contributed by atoms with E-state index in [1.807, 2.05) is 6.92 Å². The van der Waals surface area contributed by atoms with Gasteiger partial charge in [0.25, 0.3) is 6.01 Å². The monoisotopic (exact) mass is 230 g/mol. The number of benzene rings is 1. The van der Waals surface area contributed by atoms with Gasteiger partial charge in [-0.25, -0.2) is 0 Å². The highest BCUT2D eigenvalue weighted by molar-refractivity contribution is 5.61. The van der Waals surface area contributed by atoms with E-state index >= 15 is 0 Å². The van der Waals surface area contributed by atoms with E-state index in [1.165, 1.54) is 12.0 Å². The van der Waals surface area contributed by atoms with Gasteiger partial charge < -0.3 is 9.73 Å². The van der Waals surface area contributed by atoms with Crippen molar-refractivity contribution in [1.82, 2.24) is 4.98 Å². The molecule has 0 aliphatic heterocycles. The van der Waals surface area contributed by atoms with Crippen molar-refractivity contribution >= 4 is 6.01 Å². The molecule has 0 unspecified atom stereocenters. The van der Waals surface area contributed by atoms with Gasteiger partial charge in [-0.15, -0.1) is 0 Å². The fourth-order valence-electron chi connectivity index (χ4n) is 1.88. The van der Waals surface area contributed by atoms with Gasteiger partial charge in [-0.2, -0.15) is 4.98 Å². The zero-order chi connectivity index (χ0) is 12.3. The zero-order valence-corrected chi connectivity index (χ0v) is 10.6. The number of oxazole rings is 1. The molecular weight excluding hydrogens is 212 g/mol. The van der Waals surface area contributed by atoms with Gasteiger partial charge in [0.1, 0.15) is 0 Å². The lowest BCUT2D eigenvalue weighted by molar-refractivity contribution is 0.589. The molecule has 0 aliphatic rings. The predicted octanol–water partition coefficient (Wildman–Crippen LogP) is 3.64. The first-order valence-corrected chi connectivity index (χ1v) is 5.99. The van der Waals surface area contributed by atoms with Crippen molar-refractivity contribution in [2.24, 2.45) is 0 Å². The van der Waals surface area contributed by atoms with E-state index in [4.69, 9.17) is 4.42 Å². The predicted molar refractivity (Wildman–Crippen MR) is 70.2 cm³/mol. The van der Waals surface area contributed by atoms with E-state index < -0.39 is 0 Å². The van der Waals surface area contributed by atoms with Crippen LogP contribution in [-0.2, 0) is 6.42 Å². The Bertz CT molecular complexity index is 485. The highest BCUT2D eigenvalue weighted by Gasteiger charge is 2.10. The lowest BCUT2D eigenvalue weighted by atomic mass is 10.1. The second-order valence-electron chi connectivity index (χ2n) is 4.13. The Morgan fingerprint density at radius 1 is 1.24 bits per heavy atom. The molecular formula is C14H18N2O. The fourth-order valence-corrected chi connectivity index (χ4v) is 1.88. The van der Waals surface area contributed by atoms with Gasteiger partial charge in [-0.1, -0.05) is 37.6 Å². The molecule has 2 rings (SSSR count). The number of nitrogens with zero attached hydrogens (tertiary/aromatic N) is 1. The van der Waals surface area contributed by atoms with Crippen molar-refractivity contribution in [3.8, 4) is 11.3 Å². The van der Waals surface area contributed by atoms with Gasteiger partial charge in [0.2, 0.25) is 0 Å². The van der Waals surface area contributed by atoms with Crippen LogP contribution in [0.4, 0.5) is 6.01 Å². The van der Waals surface area contributed by atoms with Crippen LogP contribution in [0.15, 0.2) is 28.7 Å². The molecule has 1 aromatic carbocycles. The summed E-state index contributed by atoms with van der Waals surface area (Å²) in [6.45, 7) is 4.15. The fraction of sp³-hybridized carbons (Fsp3) is 0.357. The van der Waals surface area contributed by atoms with Crippen LogP contribution in [-0.4, -0.2) is 12.0 Å². The summed E-state index contributed by atoms with van der Waals surface area (Å²) in [5, 5.41) is 2.91. The Morgan fingerprint density at radius 3 is 2.47 bits per heavy atom. The van der Waals surface area contributed by atoms with Crippen molar-refractivity contribution in [2.45, 2.75) is 26.7 Å². The highest BCUT2D eigenvalue weighted by atomic mass is 16.4. The molecule has 3 nitrogen and oxygen atoms in total. The number of anilines is 1. The molecule has 90 valence electrons. The summed E-state index contributed by atoms with van der Waals surface area (Å²) < 4.78 is 5.63. The number of hydrogen-bond donors (Lipinski definition) is 1. The number of rotatable bonds is 4. The smallest absolute Gasteiger partial charge is 0.295 e. The Kier molecular flexibility index (Phi) is 3.47. The van der Waals surface area contributed by atoms with E-state index in [9.17, 15) is 0 Å². The molecule has 0 atom stereocenters. The average molecular weight is 230 g/mol. The normalized spacial score (nSPS) is 10.5. The molecule has 0 radical (unpaired) electrons. The van der Waals surface area contributed by atoms with Gasteiger partial charge >= 0.3 is 0 Å².